The zero-order valence-electron chi connectivity index (χ0n) is 4.84. The zero-order valence-corrected chi connectivity index (χ0v) is 7.00. The van der Waals surface area contributed by atoms with Crippen LogP contribution in [-0.4, -0.2) is 11.3 Å². The lowest BCUT2D eigenvalue weighted by Gasteiger charge is -1.92. The smallest absolute Gasteiger partial charge is 0.213 e. The molecule has 0 fully saturated rings. The molecule has 4 heteroatoms. The average Bonchev–Trinajstić information content (AvgIpc) is 1.94. The Bertz CT molecular complexity index is 264. The Labute approximate surface area is 70.6 Å². The van der Waals surface area contributed by atoms with Crippen LogP contribution in [-0.2, 0) is 0 Å². The predicted molar refractivity (Wildman–Crippen MR) is 42.3 cm³/mol. The van der Waals surface area contributed by atoms with Gasteiger partial charge < -0.3 is 0 Å². The van der Waals surface area contributed by atoms with Gasteiger partial charge in [0.05, 0.1) is 0 Å². The van der Waals surface area contributed by atoms with Gasteiger partial charge in [0.1, 0.15) is 5.69 Å². The second-order valence-electron chi connectivity index (χ2n) is 1.62. The van der Waals surface area contributed by atoms with E-state index in [9.17, 15) is 9.18 Å². The van der Waals surface area contributed by atoms with Crippen LogP contribution in [0, 0.1) is 9.52 Å². The highest BCUT2D eigenvalue weighted by Crippen LogP contribution is 2.07. The maximum atomic E-state index is 12.3. The van der Waals surface area contributed by atoms with Crippen molar-refractivity contribution in [1.82, 2.24) is 4.98 Å². The number of halogens is 2. The van der Waals surface area contributed by atoms with Crippen molar-refractivity contribution in [3.05, 3.63) is 27.3 Å². The molecule has 1 rings (SSSR count). The molecule has 1 aromatic rings. The summed E-state index contributed by atoms with van der Waals surface area (Å²) in [6.07, 6.45) is 0.533. The van der Waals surface area contributed by atoms with E-state index >= 15 is 0 Å². The molecule has 52 valence electrons. The van der Waals surface area contributed by atoms with E-state index in [1.165, 1.54) is 12.1 Å². The quantitative estimate of drug-likeness (QED) is 0.431. The summed E-state index contributed by atoms with van der Waals surface area (Å²) in [6, 6.07) is 2.72. The number of hydrogen-bond acceptors (Lipinski definition) is 2. The Morgan fingerprint density at radius 3 is 2.80 bits per heavy atom. The summed E-state index contributed by atoms with van der Waals surface area (Å²) in [4.78, 5) is 13.5. The number of hydrogen-bond donors (Lipinski definition) is 0. The molecule has 0 saturated carbocycles. The summed E-state index contributed by atoms with van der Waals surface area (Å²) in [5.74, 6) is -0.623. The van der Waals surface area contributed by atoms with Gasteiger partial charge in [0.25, 0.3) is 0 Å². The molecular formula is C6H3FINO. The van der Waals surface area contributed by atoms with E-state index < -0.39 is 5.95 Å². The van der Waals surface area contributed by atoms with Crippen molar-refractivity contribution in [3.63, 3.8) is 0 Å². The summed E-state index contributed by atoms with van der Waals surface area (Å²) < 4.78 is 12.9. The second-order valence-corrected chi connectivity index (χ2v) is 2.78. The summed E-state index contributed by atoms with van der Waals surface area (Å²) in [6.45, 7) is 0. The monoisotopic (exact) mass is 251 g/mol. The van der Waals surface area contributed by atoms with E-state index in [2.05, 4.69) is 4.98 Å². The van der Waals surface area contributed by atoms with Crippen LogP contribution in [0.3, 0.4) is 0 Å². The van der Waals surface area contributed by atoms with Gasteiger partial charge >= 0.3 is 0 Å². The van der Waals surface area contributed by atoms with Gasteiger partial charge in [-0.15, -0.1) is 0 Å². The molecule has 0 aliphatic heterocycles. The van der Waals surface area contributed by atoms with Crippen LogP contribution in [0.2, 0.25) is 0 Å². The van der Waals surface area contributed by atoms with Gasteiger partial charge in [-0.25, -0.2) is 4.98 Å². The molecule has 0 aliphatic rings. The van der Waals surface area contributed by atoms with Crippen LogP contribution < -0.4 is 0 Å². The van der Waals surface area contributed by atoms with Crippen LogP contribution >= 0.6 is 22.6 Å². The van der Waals surface area contributed by atoms with Crippen LogP contribution in [0.4, 0.5) is 4.39 Å². The lowest BCUT2D eigenvalue weighted by atomic mass is 10.4. The molecule has 0 atom stereocenters. The van der Waals surface area contributed by atoms with E-state index in [0.29, 0.717) is 9.86 Å². The maximum Gasteiger partial charge on any atom is 0.213 e. The van der Waals surface area contributed by atoms with E-state index in [1.54, 1.807) is 0 Å². The standard InChI is InChI=1S/C6H3FINO/c7-6-2-1-4(8)5(3-10)9-6/h1-3H. The van der Waals surface area contributed by atoms with Gasteiger partial charge in [-0.2, -0.15) is 4.39 Å². The largest absolute Gasteiger partial charge is 0.296 e. The minimum absolute atomic E-state index is 0.153. The number of pyridine rings is 1. The SMILES string of the molecule is O=Cc1nc(F)ccc1I. The number of nitrogens with zero attached hydrogens (tertiary/aromatic N) is 1. The van der Waals surface area contributed by atoms with Crippen molar-refractivity contribution in [3.8, 4) is 0 Å². The average molecular weight is 251 g/mol. The summed E-state index contributed by atoms with van der Waals surface area (Å²) in [7, 11) is 0. The normalized spacial score (nSPS) is 9.40. The molecule has 2 nitrogen and oxygen atoms in total. The maximum absolute atomic E-state index is 12.3. The first-order chi connectivity index (χ1) is 4.74. The molecule has 1 aromatic heterocycles. The third-order valence-electron chi connectivity index (χ3n) is 0.951. The Hall–Kier alpha value is -0.520. The summed E-state index contributed by atoms with van der Waals surface area (Å²) in [5, 5.41) is 0. The lowest BCUT2D eigenvalue weighted by Crippen LogP contribution is -1.93. The van der Waals surface area contributed by atoms with E-state index in [1.807, 2.05) is 22.6 Å². The fourth-order valence-electron chi connectivity index (χ4n) is 0.516. The Balaban J connectivity index is 3.21. The number of carbonyl (C=O) groups excluding carboxylic acids is 1. The highest BCUT2D eigenvalue weighted by molar-refractivity contribution is 14.1. The number of rotatable bonds is 1. The van der Waals surface area contributed by atoms with Gasteiger partial charge in [0.15, 0.2) is 6.29 Å². The van der Waals surface area contributed by atoms with Crippen LogP contribution in [0.1, 0.15) is 10.5 Å². The third kappa shape index (κ3) is 1.50. The molecular weight excluding hydrogens is 248 g/mol. The van der Waals surface area contributed by atoms with E-state index in [0.717, 1.165) is 0 Å². The first-order valence-electron chi connectivity index (χ1n) is 2.51. The Morgan fingerprint density at radius 1 is 1.60 bits per heavy atom. The fourth-order valence-corrected chi connectivity index (χ4v) is 0.943. The molecule has 0 unspecified atom stereocenters. The molecule has 0 radical (unpaired) electrons. The van der Waals surface area contributed by atoms with Gasteiger partial charge in [-0.3, -0.25) is 4.79 Å². The molecule has 0 aromatic carbocycles. The van der Waals surface area contributed by atoms with Gasteiger partial charge in [-0.05, 0) is 34.7 Å². The summed E-state index contributed by atoms with van der Waals surface area (Å²) >= 11 is 1.92. The number of aromatic nitrogens is 1. The van der Waals surface area contributed by atoms with Crippen molar-refractivity contribution < 1.29 is 9.18 Å². The van der Waals surface area contributed by atoms with Gasteiger partial charge in [0, 0.05) is 3.57 Å². The first-order valence-corrected chi connectivity index (χ1v) is 3.59. The van der Waals surface area contributed by atoms with E-state index in [4.69, 9.17) is 0 Å². The minimum atomic E-state index is -0.623. The van der Waals surface area contributed by atoms with Crippen molar-refractivity contribution in [1.29, 1.82) is 0 Å². The van der Waals surface area contributed by atoms with Crippen LogP contribution in [0.25, 0.3) is 0 Å². The predicted octanol–water partition coefficient (Wildman–Crippen LogP) is 1.64. The zero-order chi connectivity index (χ0) is 7.56. The fraction of sp³-hybridized carbons (Fsp3) is 0. The van der Waals surface area contributed by atoms with Crippen LogP contribution in [0.5, 0.6) is 0 Å². The minimum Gasteiger partial charge on any atom is -0.296 e. The lowest BCUT2D eigenvalue weighted by molar-refractivity contribution is 0.111. The molecule has 0 N–H and O–H groups in total. The topological polar surface area (TPSA) is 30.0 Å². The summed E-state index contributed by atoms with van der Waals surface area (Å²) in [5.41, 5.74) is 0.153. The van der Waals surface area contributed by atoms with Crippen molar-refractivity contribution in [2.24, 2.45) is 0 Å². The molecule has 0 spiro atoms. The second kappa shape index (κ2) is 3.05. The highest BCUT2D eigenvalue weighted by atomic mass is 127. The van der Waals surface area contributed by atoms with Gasteiger partial charge in [0.2, 0.25) is 5.95 Å². The highest BCUT2D eigenvalue weighted by Gasteiger charge is 1.99. The molecule has 10 heavy (non-hydrogen) atoms. The molecule has 0 saturated heterocycles. The third-order valence-corrected chi connectivity index (χ3v) is 1.86. The molecule has 0 aliphatic carbocycles. The van der Waals surface area contributed by atoms with Crippen molar-refractivity contribution >= 4 is 28.9 Å². The van der Waals surface area contributed by atoms with E-state index in [-0.39, 0.29) is 5.69 Å². The van der Waals surface area contributed by atoms with Crippen molar-refractivity contribution in [2.75, 3.05) is 0 Å². The molecule has 0 amide bonds. The molecule has 1 heterocycles. The molecule has 0 bridgehead atoms. The van der Waals surface area contributed by atoms with Gasteiger partial charge in [-0.1, -0.05) is 0 Å². The Kier molecular flexibility index (Phi) is 2.31. The first kappa shape index (κ1) is 7.59. The number of aldehydes is 1. The Morgan fingerprint density at radius 2 is 2.30 bits per heavy atom. The number of carbonyl (C=O) groups is 1. The van der Waals surface area contributed by atoms with Crippen LogP contribution in [0.15, 0.2) is 12.1 Å². The van der Waals surface area contributed by atoms with Crippen molar-refractivity contribution in [2.45, 2.75) is 0 Å².